The summed E-state index contributed by atoms with van der Waals surface area (Å²) in [7, 11) is 0. The lowest BCUT2D eigenvalue weighted by Crippen LogP contribution is -2.46. The number of aromatic nitrogens is 1. The lowest BCUT2D eigenvalue weighted by atomic mass is 10.1. The van der Waals surface area contributed by atoms with Gasteiger partial charge in [-0.05, 0) is 25.1 Å². The second-order valence-electron chi connectivity index (χ2n) is 4.46. The number of ketones is 1. The van der Waals surface area contributed by atoms with E-state index in [1.807, 2.05) is 0 Å². The van der Waals surface area contributed by atoms with Crippen molar-refractivity contribution in [2.24, 2.45) is 0 Å². The average molecular weight is 249 g/mol. The molecule has 0 aromatic carbocycles. The Morgan fingerprint density at radius 1 is 1.67 bits per heavy atom. The second-order valence-corrected chi connectivity index (χ2v) is 4.46. The Balaban J connectivity index is 2.07. The molecule has 0 amide bonds. The van der Waals surface area contributed by atoms with Crippen LogP contribution in [-0.4, -0.2) is 48.0 Å². The fourth-order valence-corrected chi connectivity index (χ4v) is 2.18. The molecule has 0 bridgehead atoms. The van der Waals surface area contributed by atoms with Crippen molar-refractivity contribution in [3.05, 3.63) is 23.9 Å². The standard InChI is InChI=1S/C13H19N3O2/c1-2-6-16-7-8-18-11(9-16)12(17)10-4-3-5-15-13(10)14/h3-5,11H,2,6-9H2,1H3,(H2,14,15). The quantitative estimate of drug-likeness (QED) is 0.805. The molecule has 98 valence electrons. The third-order valence-electron chi connectivity index (χ3n) is 3.09. The minimum Gasteiger partial charge on any atom is -0.383 e. The highest BCUT2D eigenvalue weighted by molar-refractivity contribution is 6.03. The molecule has 1 aliphatic rings. The number of morpholine rings is 1. The molecule has 18 heavy (non-hydrogen) atoms. The average Bonchev–Trinajstić information content (AvgIpc) is 2.39. The molecule has 1 fully saturated rings. The van der Waals surface area contributed by atoms with Crippen LogP contribution < -0.4 is 5.73 Å². The van der Waals surface area contributed by atoms with Gasteiger partial charge in [0.15, 0.2) is 5.78 Å². The van der Waals surface area contributed by atoms with Crippen molar-refractivity contribution >= 4 is 11.6 Å². The van der Waals surface area contributed by atoms with E-state index in [4.69, 9.17) is 10.5 Å². The van der Waals surface area contributed by atoms with E-state index in [2.05, 4.69) is 16.8 Å². The van der Waals surface area contributed by atoms with Gasteiger partial charge in [-0.1, -0.05) is 6.92 Å². The number of carbonyl (C=O) groups excluding carboxylic acids is 1. The third kappa shape index (κ3) is 2.86. The van der Waals surface area contributed by atoms with Gasteiger partial charge < -0.3 is 10.5 Å². The van der Waals surface area contributed by atoms with E-state index >= 15 is 0 Å². The van der Waals surface area contributed by atoms with Crippen LogP contribution in [0.1, 0.15) is 23.7 Å². The summed E-state index contributed by atoms with van der Waals surface area (Å²) in [6.45, 7) is 5.25. The normalized spacial score (nSPS) is 20.8. The Morgan fingerprint density at radius 3 is 3.22 bits per heavy atom. The number of nitrogen functional groups attached to an aromatic ring is 1. The molecule has 0 radical (unpaired) electrons. The molecule has 1 atom stereocenters. The Labute approximate surface area is 107 Å². The highest BCUT2D eigenvalue weighted by Gasteiger charge is 2.28. The van der Waals surface area contributed by atoms with Gasteiger partial charge in [-0.15, -0.1) is 0 Å². The molecule has 1 saturated heterocycles. The summed E-state index contributed by atoms with van der Waals surface area (Å²) in [5.41, 5.74) is 6.18. The van der Waals surface area contributed by atoms with E-state index in [0.717, 1.165) is 19.5 Å². The molecule has 0 saturated carbocycles. The topological polar surface area (TPSA) is 68.5 Å². The van der Waals surface area contributed by atoms with Crippen LogP contribution in [-0.2, 0) is 4.74 Å². The summed E-state index contributed by atoms with van der Waals surface area (Å²) in [6.07, 6.45) is 2.24. The number of hydrogen-bond donors (Lipinski definition) is 1. The molecule has 1 aromatic rings. The first kappa shape index (κ1) is 13.0. The maximum absolute atomic E-state index is 12.3. The molecule has 5 heteroatoms. The summed E-state index contributed by atoms with van der Waals surface area (Å²) >= 11 is 0. The Kier molecular flexibility index (Phi) is 4.28. The Morgan fingerprint density at radius 2 is 2.50 bits per heavy atom. The van der Waals surface area contributed by atoms with Crippen molar-refractivity contribution in [2.75, 3.05) is 32.0 Å². The fraction of sp³-hybridized carbons (Fsp3) is 0.538. The van der Waals surface area contributed by atoms with Crippen LogP contribution in [0.2, 0.25) is 0 Å². The van der Waals surface area contributed by atoms with Crippen molar-refractivity contribution in [3.8, 4) is 0 Å². The van der Waals surface area contributed by atoms with Gasteiger partial charge in [0.2, 0.25) is 0 Å². The van der Waals surface area contributed by atoms with Gasteiger partial charge in [-0.3, -0.25) is 9.69 Å². The molecule has 2 N–H and O–H groups in total. The predicted octanol–water partition coefficient (Wildman–Crippen LogP) is 0.957. The summed E-state index contributed by atoms with van der Waals surface area (Å²) in [4.78, 5) is 18.5. The van der Waals surface area contributed by atoms with Crippen molar-refractivity contribution < 1.29 is 9.53 Å². The number of pyridine rings is 1. The van der Waals surface area contributed by atoms with Gasteiger partial charge in [-0.2, -0.15) is 0 Å². The van der Waals surface area contributed by atoms with Crippen LogP contribution in [0, 0.1) is 0 Å². The molecule has 2 heterocycles. The minimum atomic E-state index is -0.420. The van der Waals surface area contributed by atoms with Gasteiger partial charge in [0.25, 0.3) is 0 Å². The van der Waals surface area contributed by atoms with Crippen LogP contribution >= 0.6 is 0 Å². The highest BCUT2D eigenvalue weighted by atomic mass is 16.5. The van der Waals surface area contributed by atoms with E-state index in [1.54, 1.807) is 18.3 Å². The molecule has 0 aliphatic carbocycles. The van der Waals surface area contributed by atoms with Crippen LogP contribution in [0.4, 0.5) is 5.82 Å². The van der Waals surface area contributed by atoms with Gasteiger partial charge >= 0.3 is 0 Å². The fourth-order valence-electron chi connectivity index (χ4n) is 2.18. The summed E-state index contributed by atoms with van der Waals surface area (Å²) in [6, 6.07) is 3.42. The number of nitrogens with zero attached hydrogens (tertiary/aromatic N) is 2. The van der Waals surface area contributed by atoms with Crippen LogP contribution in [0.15, 0.2) is 18.3 Å². The molecule has 0 spiro atoms. The van der Waals surface area contributed by atoms with E-state index in [-0.39, 0.29) is 11.6 Å². The SMILES string of the molecule is CCCN1CCOC(C(=O)c2cccnc2N)C1. The van der Waals surface area contributed by atoms with Crippen LogP contribution in [0.25, 0.3) is 0 Å². The Bertz CT molecular complexity index is 420. The number of ether oxygens (including phenoxy) is 1. The first-order valence-electron chi connectivity index (χ1n) is 6.31. The predicted molar refractivity (Wildman–Crippen MR) is 69.5 cm³/mol. The van der Waals surface area contributed by atoms with Gasteiger partial charge in [0, 0.05) is 19.3 Å². The summed E-state index contributed by atoms with van der Waals surface area (Å²) in [5, 5.41) is 0. The summed E-state index contributed by atoms with van der Waals surface area (Å²) in [5.74, 6) is 0.208. The minimum absolute atomic E-state index is 0.0681. The van der Waals surface area contributed by atoms with Crippen molar-refractivity contribution in [1.29, 1.82) is 0 Å². The van der Waals surface area contributed by atoms with Crippen LogP contribution in [0.3, 0.4) is 0 Å². The zero-order chi connectivity index (χ0) is 13.0. The molecule has 5 nitrogen and oxygen atoms in total. The van der Waals surface area contributed by atoms with E-state index in [1.165, 1.54) is 0 Å². The Hall–Kier alpha value is -1.46. The lowest BCUT2D eigenvalue weighted by Gasteiger charge is -2.31. The molecular weight excluding hydrogens is 230 g/mol. The van der Waals surface area contributed by atoms with Gasteiger partial charge in [0.1, 0.15) is 11.9 Å². The zero-order valence-corrected chi connectivity index (χ0v) is 10.6. The molecular formula is C13H19N3O2. The van der Waals surface area contributed by atoms with Gasteiger partial charge in [-0.25, -0.2) is 4.98 Å². The number of Topliss-reactive ketones (excluding diaryl/α,β-unsaturated/α-hetero) is 1. The zero-order valence-electron chi connectivity index (χ0n) is 10.6. The first-order chi connectivity index (χ1) is 8.72. The maximum Gasteiger partial charge on any atom is 0.196 e. The van der Waals surface area contributed by atoms with Crippen molar-refractivity contribution in [3.63, 3.8) is 0 Å². The highest BCUT2D eigenvalue weighted by Crippen LogP contribution is 2.15. The number of anilines is 1. The van der Waals surface area contributed by atoms with E-state index in [0.29, 0.717) is 18.7 Å². The monoisotopic (exact) mass is 249 g/mol. The first-order valence-corrected chi connectivity index (χ1v) is 6.31. The summed E-state index contributed by atoms with van der Waals surface area (Å²) < 4.78 is 5.55. The number of carbonyl (C=O) groups is 1. The smallest absolute Gasteiger partial charge is 0.196 e. The number of rotatable bonds is 4. The van der Waals surface area contributed by atoms with Crippen LogP contribution in [0.5, 0.6) is 0 Å². The van der Waals surface area contributed by atoms with E-state index < -0.39 is 6.10 Å². The molecule has 1 unspecified atom stereocenters. The largest absolute Gasteiger partial charge is 0.383 e. The van der Waals surface area contributed by atoms with Gasteiger partial charge in [0.05, 0.1) is 12.2 Å². The third-order valence-corrected chi connectivity index (χ3v) is 3.09. The second kappa shape index (κ2) is 5.93. The molecule has 2 rings (SSSR count). The van der Waals surface area contributed by atoms with Crippen molar-refractivity contribution in [1.82, 2.24) is 9.88 Å². The van der Waals surface area contributed by atoms with Crippen molar-refractivity contribution in [2.45, 2.75) is 19.4 Å². The van der Waals surface area contributed by atoms with E-state index in [9.17, 15) is 4.79 Å². The maximum atomic E-state index is 12.3. The lowest BCUT2D eigenvalue weighted by molar-refractivity contribution is -0.0163. The number of hydrogen-bond acceptors (Lipinski definition) is 5. The number of nitrogens with two attached hydrogens (primary N) is 1. The molecule has 1 aliphatic heterocycles. The molecule has 1 aromatic heterocycles.